The molecule has 0 aliphatic heterocycles. The zero-order valence-electron chi connectivity index (χ0n) is 12.3. The summed E-state index contributed by atoms with van der Waals surface area (Å²) in [6, 6.07) is 6.39. The Morgan fingerprint density at radius 1 is 1.08 bits per heavy atom. The van der Waals surface area contributed by atoms with Gasteiger partial charge in [-0.05, 0) is 35.9 Å². The predicted molar refractivity (Wildman–Crippen MR) is 81.0 cm³/mol. The lowest BCUT2D eigenvalue weighted by atomic mass is 10.1. The molecule has 0 saturated heterocycles. The molecule has 0 atom stereocenters. The maximum absolute atomic E-state index is 13.0. The van der Waals surface area contributed by atoms with Crippen LogP contribution >= 0.6 is 0 Å². The van der Waals surface area contributed by atoms with Crippen LogP contribution in [0.1, 0.15) is 21.5 Å². The molecular weight excluding hydrogens is 366 g/mol. The van der Waals surface area contributed by atoms with E-state index < -0.39 is 45.0 Å². The molecule has 5 nitrogen and oxygen atoms in total. The molecule has 0 spiro atoms. The first kappa shape index (κ1) is 18.7. The highest BCUT2D eigenvalue weighted by atomic mass is 32.2. The van der Waals surface area contributed by atoms with Crippen LogP contribution < -0.4 is 4.72 Å². The van der Waals surface area contributed by atoms with Crippen LogP contribution in [0.15, 0.2) is 42.5 Å². The number of anilines is 1. The summed E-state index contributed by atoms with van der Waals surface area (Å²) in [5, 5.41) is 8.76. The van der Waals surface area contributed by atoms with Crippen LogP contribution in [-0.2, 0) is 22.0 Å². The minimum atomic E-state index is -4.94. The summed E-state index contributed by atoms with van der Waals surface area (Å²) in [6.45, 7) is 0. The van der Waals surface area contributed by atoms with E-state index in [9.17, 15) is 30.8 Å². The van der Waals surface area contributed by atoms with Crippen molar-refractivity contribution in [3.8, 4) is 0 Å². The molecular formula is C15H11F4NO4S. The largest absolute Gasteiger partial charge is 0.478 e. The Bertz CT molecular complexity index is 893. The molecule has 0 heterocycles. The number of carboxylic acid groups (broad SMARTS) is 1. The van der Waals surface area contributed by atoms with Gasteiger partial charge < -0.3 is 5.11 Å². The minimum absolute atomic E-state index is 0.0630. The van der Waals surface area contributed by atoms with Gasteiger partial charge in [-0.2, -0.15) is 13.2 Å². The number of rotatable bonds is 5. The Morgan fingerprint density at radius 3 is 2.20 bits per heavy atom. The summed E-state index contributed by atoms with van der Waals surface area (Å²) in [5.41, 5.74) is -2.13. The van der Waals surface area contributed by atoms with Gasteiger partial charge in [-0.1, -0.05) is 12.1 Å². The van der Waals surface area contributed by atoms with E-state index >= 15 is 0 Å². The van der Waals surface area contributed by atoms with Crippen molar-refractivity contribution in [2.24, 2.45) is 0 Å². The van der Waals surface area contributed by atoms with Crippen LogP contribution in [0.3, 0.4) is 0 Å². The second-order valence-electron chi connectivity index (χ2n) is 5.05. The van der Waals surface area contributed by atoms with Crippen molar-refractivity contribution in [2.45, 2.75) is 11.9 Å². The maximum Gasteiger partial charge on any atom is 0.418 e. The fourth-order valence-corrected chi connectivity index (χ4v) is 3.22. The van der Waals surface area contributed by atoms with Gasteiger partial charge in [0.2, 0.25) is 10.0 Å². The van der Waals surface area contributed by atoms with E-state index in [1.54, 1.807) is 4.72 Å². The van der Waals surface area contributed by atoms with E-state index in [1.807, 2.05) is 0 Å². The Morgan fingerprint density at radius 2 is 1.68 bits per heavy atom. The number of hydrogen-bond donors (Lipinski definition) is 2. The van der Waals surface area contributed by atoms with Crippen LogP contribution in [0.2, 0.25) is 0 Å². The number of benzene rings is 2. The molecule has 2 aromatic rings. The third kappa shape index (κ3) is 4.92. The van der Waals surface area contributed by atoms with Crippen LogP contribution in [-0.4, -0.2) is 19.5 Å². The number of alkyl halides is 3. The molecule has 0 radical (unpaired) electrons. The number of aromatic carboxylic acids is 1. The second kappa shape index (κ2) is 6.71. The third-order valence-corrected chi connectivity index (χ3v) is 4.35. The standard InChI is InChI=1S/C15H11F4NO4S/c16-11-5-6-13(12(7-11)15(17,18)19)20-25(23,24)8-9-1-3-10(4-2-9)14(21)22/h1-7,20H,8H2,(H,21,22). The lowest BCUT2D eigenvalue weighted by Crippen LogP contribution is -2.19. The molecule has 0 aliphatic carbocycles. The summed E-state index contributed by atoms with van der Waals surface area (Å²) in [6.07, 6.45) is -4.94. The first-order valence-electron chi connectivity index (χ1n) is 6.67. The topological polar surface area (TPSA) is 83.5 Å². The number of halogens is 4. The molecule has 2 N–H and O–H groups in total. The van der Waals surface area contributed by atoms with E-state index in [0.717, 1.165) is 0 Å². The summed E-state index contributed by atoms with van der Waals surface area (Å²) in [7, 11) is -4.24. The lowest BCUT2D eigenvalue weighted by Gasteiger charge is -2.15. The van der Waals surface area contributed by atoms with Crippen LogP contribution in [0.25, 0.3) is 0 Å². The zero-order chi connectivity index (χ0) is 18.8. The number of nitrogens with one attached hydrogen (secondary N) is 1. The molecule has 10 heteroatoms. The lowest BCUT2D eigenvalue weighted by molar-refractivity contribution is -0.137. The van der Waals surface area contributed by atoms with Crippen molar-refractivity contribution in [1.29, 1.82) is 0 Å². The van der Waals surface area contributed by atoms with Gasteiger partial charge in [0.25, 0.3) is 0 Å². The zero-order valence-corrected chi connectivity index (χ0v) is 13.2. The van der Waals surface area contributed by atoms with Gasteiger partial charge in [-0.3, -0.25) is 4.72 Å². The van der Waals surface area contributed by atoms with Crippen LogP contribution in [0.4, 0.5) is 23.2 Å². The molecule has 0 unspecified atom stereocenters. The normalized spacial score (nSPS) is 12.0. The number of sulfonamides is 1. The average Bonchev–Trinajstić information content (AvgIpc) is 2.48. The van der Waals surface area contributed by atoms with E-state index in [4.69, 9.17) is 5.11 Å². The van der Waals surface area contributed by atoms with Gasteiger partial charge in [-0.15, -0.1) is 0 Å². The van der Waals surface area contributed by atoms with Crippen molar-refractivity contribution in [1.82, 2.24) is 0 Å². The first-order valence-corrected chi connectivity index (χ1v) is 8.33. The highest BCUT2D eigenvalue weighted by Crippen LogP contribution is 2.35. The van der Waals surface area contributed by atoms with Gasteiger partial charge >= 0.3 is 12.1 Å². The molecule has 0 aliphatic rings. The molecule has 25 heavy (non-hydrogen) atoms. The van der Waals surface area contributed by atoms with E-state index in [1.165, 1.54) is 24.3 Å². The minimum Gasteiger partial charge on any atom is -0.478 e. The van der Waals surface area contributed by atoms with Crippen molar-refractivity contribution in [3.05, 3.63) is 65.0 Å². The molecule has 0 amide bonds. The molecule has 0 fully saturated rings. The predicted octanol–water partition coefficient (Wildman–Crippen LogP) is 3.48. The molecule has 2 aromatic carbocycles. The Labute approximate surface area is 140 Å². The summed E-state index contributed by atoms with van der Waals surface area (Å²) in [4.78, 5) is 10.7. The Hall–Kier alpha value is -2.62. The van der Waals surface area contributed by atoms with Gasteiger partial charge in [-0.25, -0.2) is 17.6 Å². The number of carboxylic acids is 1. The summed E-state index contributed by atoms with van der Waals surface area (Å²) >= 11 is 0. The molecule has 134 valence electrons. The fraction of sp³-hybridized carbons (Fsp3) is 0.133. The quantitative estimate of drug-likeness (QED) is 0.782. The van der Waals surface area contributed by atoms with Gasteiger partial charge in [0, 0.05) is 0 Å². The SMILES string of the molecule is O=C(O)c1ccc(CS(=O)(=O)Nc2ccc(F)cc2C(F)(F)F)cc1. The van der Waals surface area contributed by atoms with E-state index in [2.05, 4.69) is 0 Å². The van der Waals surface area contributed by atoms with E-state index in [-0.39, 0.29) is 17.2 Å². The van der Waals surface area contributed by atoms with Gasteiger partial charge in [0.05, 0.1) is 22.6 Å². The van der Waals surface area contributed by atoms with Crippen molar-refractivity contribution < 1.29 is 35.9 Å². The summed E-state index contributed by atoms with van der Waals surface area (Å²) in [5.74, 6) is -3.03. The monoisotopic (exact) mass is 377 g/mol. The maximum atomic E-state index is 13.0. The molecule has 0 saturated carbocycles. The van der Waals surface area contributed by atoms with Crippen molar-refractivity contribution in [3.63, 3.8) is 0 Å². The smallest absolute Gasteiger partial charge is 0.418 e. The van der Waals surface area contributed by atoms with Crippen LogP contribution in [0.5, 0.6) is 0 Å². The fourth-order valence-electron chi connectivity index (χ4n) is 2.01. The van der Waals surface area contributed by atoms with Gasteiger partial charge in [0.15, 0.2) is 0 Å². The van der Waals surface area contributed by atoms with Crippen molar-refractivity contribution >= 4 is 21.7 Å². The Kier molecular flexibility index (Phi) is 5.02. The average molecular weight is 377 g/mol. The van der Waals surface area contributed by atoms with E-state index in [0.29, 0.717) is 12.1 Å². The first-order chi connectivity index (χ1) is 11.5. The van der Waals surface area contributed by atoms with Gasteiger partial charge in [0.1, 0.15) is 5.82 Å². The summed E-state index contributed by atoms with van der Waals surface area (Å²) < 4.78 is 77.6. The Balaban J connectivity index is 2.26. The molecule has 0 bridgehead atoms. The highest BCUT2D eigenvalue weighted by molar-refractivity contribution is 7.91. The number of hydrogen-bond acceptors (Lipinski definition) is 3. The highest BCUT2D eigenvalue weighted by Gasteiger charge is 2.35. The van der Waals surface area contributed by atoms with Crippen molar-refractivity contribution in [2.75, 3.05) is 4.72 Å². The van der Waals surface area contributed by atoms with Crippen LogP contribution in [0, 0.1) is 5.82 Å². The third-order valence-electron chi connectivity index (χ3n) is 3.11. The number of carbonyl (C=O) groups is 1. The molecule has 2 rings (SSSR count). The molecule has 0 aromatic heterocycles. The second-order valence-corrected chi connectivity index (χ2v) is 6.77.